The van der Waals surface area contributed by atoms with Crippen molar-refractivity contribution in [3.63, 3.8) is 0 Å². The van der Waals surface area contributed by atoms with Crippen LogP contribution in [0.25, 0.3) is 0 Å². The van der Waals surface area contributed by atoms with Crippen LogP contribution in [0.2, 0.25) is 0 Å². The van der Waals surface area contributed by atoms with Crippen molar-refractivity contribution in [2.24, 2.45) is 0 Å². The maximum absolute atomic E-state index is 13.4. The number of halogens is 2. The number of nitrogens with zero attached hydrogens (tertiary/aromatic N) is 1. The number of hydrogen-bond donors (Lipinski definition) is 1. The Balaban J connectivity index is 2.56. The zero-order chi connectivity index (χ0) is 17.1. The lowest BCUT2D eigenvalue weighted by Crippen LogP contribution is -2.48. The second-order valence-corrected chi connectivity index (χ2v) is 5.80. The van der Waals surface area contributed by atoms with Gasteiger partial charge in [-0.25, -0.2) is 14.0 Å². The van der Waals surface area contributed by atoms with Gasteiger partial charge in [0, 0.05) is 12.2 Å². The van der Waals surface area contributed by atoms with E-state index in [0.29, 0.717) is 16.8 Å². The predicted molar refractivity (Wildman–Crippen MR) is 87.0 cm³/mol. The lowest BCUT2D eigenvalue weighted by Gasteiger charge is -2.34. The lowest BCUT2D eigenvalue weighted by molar-refractivity contribution is -0.136. The molecule has 0 saturated heterocycles. The number of rotatable bonds is 4. The fourth-order valence-electron chi connectivity index (χ4n) is 2.45. The smallest absolute Gasteiger partial charge is 0.337 e. The number of nitrogens with one attached hydrogen (secondary N) is 1. The standard InChI is InChI=1S/C16H16BrFN2O3/c1-4-7-20-9(2)13(15(21)23-3)14(19-16(20)22)10-5-6-12(18)11(17)8-10/h4-6,8,14H,1,7H2,2-3H3,(H,19,22)/t14-/m1/s1. The second kappa shape index (κ2) is 6.95. The van der Waals surface area contributed by atoms with Crippen LogP contribution >= 0.6 is 15.9 Å². The lowest BCUT2D eigenvalue weighted by atomic mass is 9.95. The molecule has 0 radical (unpaired) electrons. The van der Waals surface area contributed by atoms with Crippen LogP contribution in [0.15, 0.2) is 46.6 Å². The summed E-state index contributed by atoms with van der Waals surface area (Å²) in [6.45, 7) is 5.53. The second-order valence-electron chi connectivity index (χ2n) is 4.95. The van der Waals surface area contributed by atoms with Crippen molar-refractivity contribution < 1.29 is 18.7 Å². The molecule has 1 heterocycles. The minimum absolute atomic E-state index is 0.250. The van der Waals surface area contributed by atoms with Crippen molar-refractivity contribution in [1.82, 2.24) is 10.2 Å². The summed E-state index contributed by atoms with van der Waals surface area (Å²) in [6, 6.07) is 3.24. The average Bonchev–Trinajstić information content (AvgIpc) is 2.53. The number of carbonyl (C=O) groups is 2. The maximum Gasteiger partial charge on any atom is 0.337 e. The first-order chi connectivity index (χ1) is 10.9. The molecule has 0 spiro atoms. The van der Waals surface area contributed by atoms with Gasteiger partial charge < -0.3 is 10.1 Å². The minimum Gasteiger partial charge on any atom is -0.466 e. The third-order valence-electron chi connectivity index (χ3n) is 3.59. The van der Waals surface area contributed by atoms with E-state index in [1.807, 2.05) is 0 Å². The van der Waals surface area contributed by atoms with Gasteiger partial charge in [-0.3, -0.25) is 4.90 Å². The number of urea groups is 1. The van der Waals surface area contributed by atoms with Crippen molar-refractivity contribution in [3.8, 4) is 0 Å². The fourth-order valence-corrected chi connectivity index (χ4v) is 2.84. The van der Waals surface area contributed by atoms with Crippen molar-refractivity contribution >= 4 is 27.9 Å². The highest BCUT2D eigenvalue weighted by Crippen LogP contribution is 2.32. The molecular formula is C16H16BrFN2O3. The van der Waals surface area contributed by atoms with E-state index in [4.69, 9.17) is 4.74 Å². The highest BCUT2D eigenvalue weighted by atomic mass is 79.9. The Kier molecular flexibility index (Phi) is 5.20. The Morgan fingerprint density at radius 3 is 2.83 bits per heavy atom. The van der Waals surface area contributed by atoms with Gasteiger partial charge in [0.25, 0.3) is 0 Å². The molecule has 1 aliphatic rings. The molecule has 1 atom stereocenters. The first kappa shape index (κ1) is 17.2. The molecule has 5 nitrogen and oxygen atoms in total. The Morgan fingerprint density at radius 1 is 1.57 bits per heavy atom. The van der Waals surface area contributed by atoms with Gasteiger partial charge in [-0.05, 0) is 40.5 Å². The van der Waals surface area contributed by atoms with Crippen LogP contribution in [-0.2, 0) is 9.53 Å². The molecule has 1 N–H and O–H groups in total. The van der Waals surface area contributed by atoms with E-state index < -0.39 is 17.8 Å². The largest absolute Gasteiger partial charge is 0.466 e. The zero-order valence-electron chi connectivity index (χ0n) is 12.7. The molecule has 2 amide bonds. The first-order valence-corrected chi connectivity index (χ1v) is 7.63. The molecule has 1 aromatic rings. The van der Waals surface area contributed by atoms with E-state index in [0.717, 1.165) is 0 Å². The number of ether oxygens (including phenoxy) is 1. The van der Waals surface area contributed by atoms with Gasteiger partial charge >= 0.3 is 12.0 Å². The highest BCUT2D eigenvalue weighted by Gasteiger charge is 2.35. The van der Waals surface area contributed by atoms with Crippen molar-refractivity contribution in [2.75, 3.05) is 13.7 Å². The zero-order valence-corrected chi connectivity index (χ0v) is 14.3. The summed E-state index contributed by atoms with van der Waals surface area (Å²) in [5.41, 5.74) is 1.35. The van der Waals surface area contributed by atoms with E-state index in [2.05, 4.69) is 27.8 Å². The Morgan fingerprint density at radius 2 is 2.26 bits per heavy atom. The molecule has 0 aromatic heterocycles. The number of amides is 2. The molecule has 23 heavy (non-hydrogen) atoms. The fraction of sp³-hybridized carbons (Fsp3) is 0.250. The van der Waals surface area contributed by atoms with Gasteiger partial charge in [0.1, 0.15) is 5.82 Å². The number of allylic oxidation sites excluding steroid dienone is 1. The SMILES string of the molecule is C=CCN1C(=O)N[C@H](c2ccc(F)c(Br)c2)C(C(=O)OC)=C1C. The summed E-state index contributed by atoms with van der Waals surface area (Å²) >= 11 is 3.11. The van der Waals surface area contributed by atoms with Gasteiger partial charge in [0.2, 0.25) is 0 Å². The molecule has 0 saturated carbocycles. The number of carbonyl (C=O) groups excluding carboxylic acids is 2. The van der Waals surface area contributed by atoms with E-state index >= 15 is 0 Å². The molecule has 0 bridgehead atoms. The Bertz CT molecular complexity index is 703. The summed E-state index contributed by atoms with van der Waals surface area (Å²) < 4.78 is 18.5. The Labute approximate surface area is 141 Å². The van der Waals surface area contributed by atoms with E-state index in [-0.39, 0.29) is 17.0 Å². The maximum atomic E-state index is 13.4. The van der Waals surface area contributed by atoms with Gasteiger partial charge in [-0.2, -0.15) is 0 Å². The molecular weight excluding hydrogens is 367 g/mol. The normalized spacial score (nSPS) is 17.8. The van der Waals surface area contributed by atoms with E-state index in [9.17, 15) is 14.0 Å². The van der Waals surface area contributed by atoms with Gasteiger partial charge in [0.15, 0.2) is 0 Å². The minimum atomic E-state index is -0.715. The summed E-state index contributed by atoms with van der Waals surface area (Å²) in [6.07, 6.45) is 1.56. The van der Waals surface area contributed by atoms with Crippen LogP contribution in [0.1, 0.15) is 18.5 Å². The van der Waals surface area contributed by atoms with Crippen LogP contribution in [0, 0.1) is 5.82 Å². The first-order valence-electron chi connectivity index (χ1n) is 6.83. The molecule has 0 unspecified atom stereocenters. The summed E-state index contributed by atoms with van der Waals surface area (Å²) in [5, 5.41) is 2.75. The van der Waals surface area contributed by atoms with Crippen LogP contribution in [-0.4, -0.2) is 30.6 Å². The molecule has 122 valence electrons. The van der Waals surface area contributed by atoms with Gasteiger partial charge in [-0.1, -0.05) is 12.1 Å². The van der Waals surface area contributed by atoms with Gasteiger partial charge in [-0.15, -0.1) is 6.58 Å². The molecule has 1 aliphatic heterocycles. The third-order valence-corrected chi connectivity index (χ3v) is 4.20. The molecule has 0 aliphatic carbocycles. The molecule has 7 heteroatoms. The van der Waals surface area contributed by atoms with Crippen LogP contribution < -0.4 is 5.32 Å². The average molecular weight is 383 g/mol. The van der Waals surface area contributed by atoms with Crippen LogP contribution in [0.4, 0.5) is 9.18 Å². The van der Waals surface area contributed by atoms with Crippen molar-refractivity contribution in [2.45, 2.75) is 13.0 Å². The number of esters is 1. The van der Waals surface area contributed by atoms with Crippen LogP contribution in [0.5, 0.6) is 0 Å². The van der Waals surface area contributed by atoms with E-state index in [1.165, 1.54) is 30.2 Å². The van der Waals surface area contributed by atoms with Crippen LogP contribution in [0.3, 0.4) is 0 Å². The molecule has 1 aromatic carbocycles. The highest BCUT2D eigenvalue weighted by molar-refractivity contribution is 9.10. The number of hydrogen-bond acceptors (Lipinski definition) is 3. The predicted octanol–water partition coefficient (Wildman–Crippen LogP) is 3.29. The van der Waals surface area contributed by atoms with Gasteiger partial charge in [0.05, 0.1) is 23.2 Å². The number of methoxy groups -OCH3 is 1. The van der Waals surface area contributed by atoms with Crippen molar-refractivity contribution in [3.05, 3.63) is 58.0 Å². The topological polar surface area (TPSA) is 58.6 Å². The summed E-state index contributed by atoms with van der Waals surface area (Å²) in [4.78, 5) is 25.9. The third kappa shape index (κ3) is 3.29. The summed E-state index contributed by atoms with van der Waals surface area (Å²) in [5.74, 6) is -0.980. The van der Waals surface area contributed by atoms with Crippen molar-refractivity contribution in [1.29, 1.82) is 0 Å². The monoisotopic (exact) mass is 382 g/mol. The van der Waals surface area contributed by atoms with E-state index in [1.54, 1.807) is 13.0 Å². The Hall–Kier alpha value is -2.15. The molecule has 0 fully saturated rings. The summed E-state index contributed by atoms with van der Waals surface area (Å²) in [7, 11) is 1.27. The quantitative estimate of drug-likeness (QED) is 0.641. The molecule has 2 rings (SSSR count). The number of benzene rings is 1.